The first-order chi connectivity index (χ1) is 16.8. The fraction of sp³-hybridized carbons (Fsp3) is 0.333. The van der Waals surface area contributed by atoms with Crippen LogP contribution in [0.5, 0.6) is 0 Å². The molecule has 0 aliphatic heterocycles. The Bertz CT molecular complexity index is 1360. The molecule has 0 saturated heterocycles. The van der Waals surface area contributed by atoms with E-state index in [1.54, 1.807) is 33.9 Å². The lowest BCUT2D eigenvalue weighted by atomic mass is 9.95. The average molecular weight is 555 g/mol. The maximum atomic E-state index is 13.7. The maximum absolute atomic E-state index is 13.7. The van der Waals surface area contributed by atoms with E-state index in [0.29, 0.717) is 34.7 Å². The van der Waals surface area contributed by atoms with Crippen molar-refractivity contribution in [3.8, 4) is 16.9 Å². The van der Waals surface area contributed by atoms with Crippen molar-refractivity contribution in [2.75, 3.05) is 11.9 Å². The molecule has 0 saturated carbocycles. The number of anilines is 1. The number of aryl methyl sites for hydroxylation is 1. The van der Waals surface area contributed by atoms with Crippen LogP contribution in [0.2, 0.25) is 15.1 Å². The van der Waals surface area contributed by atoms with Crippen LogP contribution in [0.15, 0.2) is 35.3 Å². The summed E-state index contributed by atoms with van der Waals surface area (Å²) in [5.74, 6) is -0.653. The third-order valence-electron chi connectivity index (χ3n) is 5.16. The van der Waals surface area contributed by atoms with E-state index in [9.17, 15) is 14.4 Å². The van der Waals surface area contributed by atoms with Gasteiger partial charge in [0.15, 0.2) is 0 Å². The Kier molecular flexibility index (Phi) is 8.38. The number of nitrogens with zero attached hydrogens (tertiary/aromatic N) is 2. The maximum Gasteiger partial charge on any atom is 0.333 e. The molecule has 36 heavy (non-hydrogen) atoms. The number of aromatic nitrogens is 4. The minimum Gasteiger partial charge on any atom is -0.462 e. The number of H-pyrrole nitrogens is 2. The van der Waals surface area contributed by atoms with Crippen molar-refractivity contribution in [3.63, 3.8) is 0 Å². The molecule has 0 bridgehead atoms. The van der Waals surface area contributed by atoms with E-state index in [-0.39, 0.29) is 39.6 Å². The van der Waals surface area contributed by atoms with Gasteiger partial charge < -0.3 is 10.1 Å². The number of ether oxygens (including phenoxy) is 1. The Hall–Kier alpha value is -3.01. The molecular formula is C24H26Cl3N5O4. The van der Waals surface area contributed by atoms with Crippen LogP contribution in [0.4, 0.5) is 5.82 Å². The molecule has 2 heterocycles. The molecule has 0 unspecified atom stereocenters. The SMILES string of the molecule is C=C(C)C(=O)OCCCc1cn[nH]c1-c1c(NC(=O)C(C)(C)C)[nH]n(-c2c(Cl)cc(Cl)cc2Cl)c1=O. The van der Waals surface area contributed by atoms with E-state index in [2.05, 4.69) is 27.2 Å². The van der Waals surface area contributed by atoms with Gasteiger partial charge in [-0.25, -0.2) is 9.48 Å². The zero-order valence-corrected chi connectivity index (χ0v) is 22.5. The predicted octanol–water partition coefficient (Wildman–Crippen LogP) is 5.55. The number of carbonyl (C=O) groups excluding carboxylic acids is 2. The van der Waals surface area contributed by atoms with Crippen LogP contribution < -0.4 is 10.9 Å². The topological polar surface area (TPSA) is 122 Å². The van der Waals surface area contributed by atoms with E-state index in [4.69, 9.17) is 39.5 Å². The molecular weight excluding hydrogens is 529 g/mol. The number of halogens is 3. The molecule has 3 aromatic rings. The van der Waals surface area contributed by atoms with Gasteiger partial charge in [-0.1, -0.05) is 62.2 Å². The van der Waals surface area contributed by atoms with E-state index >= 15 is 0 Å². The second-order valence-corrected chi connectivity index (χ2v) is 10.5. The quantitative estimate of drug-likeness (QED) is 0.191. The first-order valence-electron chi connectivity index (χ1n) is 11.0. The lowest BCUT2D eigenvalue weighted by Gasteiger charge is -2.17. The molecule has 9 nitrogen and oxygen atoms in total. The summed E-state index contributed by atoms with van der Waals surface area (Å²) in [6.45, 7) is 10.5. The van der Waals surface area contributed by atoms with Gasteiger partial charge in [-0.15, -0.1) is 0 Å². The highest BCUT2D eigenvalue weighted by atomic mass is 35.5. The zero-order chi connectivity index (χ0) is 26.8. The third-order valence-corrected chi connectivity index (χ3v) is 5.95. The number of carbonyl (C=O) groups is 2. The molecule has 0 fully saturated rings. The molecule has 2 aromatic heterocycles. The Balaban J connectivity index is 2.05. The highest BCUT2D eigenvalue weighted by molar-refractivity contribution is 6.40. The largest absolute Gasteiger partial charge is 0.462 e. The Morgan fingerprint density at radius 3 is 2.42 bits per heavy atom. The van der Waals surface area contributed by atoms with Crippen molar-refractivity contribution in [3.05, 3.63) is 61.5 Å². The lowest BCUT2D eigenvalue weighted by Crippen LogP contribution is -2.28. The summed E-state index contributed by atoms with van der Waals surface area (Å²) in [7, 11) is 0. The minimum atomic E-state index is -0.740. The number of rotatable bonds is 8. The predicted molar refractivity (Wildman–Crippen MR) is 141 cm³/mol. The number of nitrogens with one attached hydrogen (secondary N) is 3. The standard InChI is InChI=1S/C24H26Cl3N5O4/c1-12(2)22(34)36-8-6-7-13-11-28-30-18(13)17-20(29-23(35)24(3,4)5)31-32(21(17)33)19-15(26)9-14(25)10-16(19)27/h9-11,31H,1,6-8H2,2-5H3,(H,28,30)(H,29,35). The summed E-state index contributed by atoms with van der Waals surface area (Å²) in [4.78, 5) is 38.1. The van der Waals surface area contributed by atoms with Crippen molar-refractivity contribution in [2.45, 2.75) is 40.5 Å². The monoisotopic (exact) mass is 553 g/mol. The van der Waals surface area contributed by atoms with E-state index < -0.39 is 16.9 Å². The highest BCUT2D eigenvalue weighted by Crippen LogP contribution is 2.34. The Morgan fingerprint density at radius 2 is 1.83 bits per heavy atom. The van der Waals surface area contributed by atoms with Gasteiger partial charge in [0, 0.05) is 16.0 Å². The van der Waals surface area contributed by atoms with Gasteiger partial charge in [-0.2, -0.15) is 5.10 Å². The molecule has 1 aromatic carbocycles. The first-order valence-corrected chi connectivity index (χ1v) is 12.1. The van der Waals surface area contributed by atoms with Crippen molar-refractivity contribution < 1.29 is 14.3 Å². The van der Waals surface area contributed by atoms with Crippen molar-refractivity contribution >= 4 is 52.5 Å². The number of hydrogen-bond donors (Lipinski definition) is 3. The number of amides is 1. The number of esters is 1. The smallest absolute Gasteiger partial charge is 0.333 e. The zero-order valence-electron chi connectivity index (χ0n) is 20.2. The van der Waals surface area contributed by atoms with E-state index in [1.807, 2.05) is 0 Å². The van der Waals surface area contributed by atoms with Gasteiger partial charge in [-0.3, -0.25) is 19.8 Å². The van der Waals surface area contributed by atoms with Gasteiger partial charge in [0.2, 0.25) is 5.91 Å². The Morgan fingerprint density at radius 1 is 1.19 bits per heavy atom. The fourth-order valence-corrected chi connectivity index (χ4v) is 4.22. The van der Waals surface area contributed by atoms with Gasteiger partial charge in [0.1, 0.15) is 17.1 Å². The normalized spacial score (nSPS) is 11.4. The number of hydrogen-bond acceptors (Lipinski definition) is 5. The highest BCUT2D eigenvalue weighted by Gasteiger charge is 2.28. The molecule has 0 spiro atoms. The van der Waals surface area contributed by atoms with Crippen molar-refractivity contribution in [1.29, 1.82) is 0 Å². The summed E-state index contributed by atoms with van der Waals surface area (Å²) in [5, 5.41) is 13.2. The van der Waals surface area contributed by atoms with E-state index in [1.165, 1.54) is 12.1 Å². The lowest BCUT2D eigenvalue weighted by molar-refractivity contribution is -0.139. The van der Waals surface area contributed by atoms with Crippen LogP contribution in [-0.2, 0) is 20.7 Å². The van der Waals surface area contributed by atoms with Crippen LogP contribution in [0.3, 0.4) is 0 Å². The summed E-state index contributed by atoms with van der Waals surface area (Å²) < 4.78 is 6.29. The van der Waals surface area contributed by atoms with E-state index in [0.717, 1.165) is 4.68 Å². The molecule has 12 heteroatoms. The third kappa shape index (κ3) is 6.03. The van der Waals surface area contributed by atoms with Gasteiger partial charge in [0.05, 0.1) is 28.5 Å². The number of aromatic amines is 2. The van der Waals surface area contributed by atoms with Crippen LogP contribution in [-0.4, -0.2) is 38.5 Å². The Labute approximate surface area is 222 Å². The fourth-order valence-electron chi connectivity index (χ4n) is 3.23. The summed E-state index contributed by atoms with van der Waals surface area (Å²) in [6, 6.07) is 2.91. The van der Waals surface area contributed by atoms with Crippen LogP contribution in [0.25, 0.3) is 16.9 Å². The molecule has 0 aliphatic carbocycles. The van der Waals surface area contributed by atoms with Crippen LogP contribution in [0.1, 0.15) is 39.7 Å². The van der Waals surface area contributed by atoms with Crippen molar-refractivity contribution in [1.82, 2.24) is 20.0 Å². The molecule has 1 amide bonds. The molecule has 0 aliphatic rings. The summed E-state index contributed by atoms with van der Waals surface area (Å²) >= 11 is 18.8. The molecule has 3 N–H and O–H groups in total. The molecule has 3 rings (SSSR count). The summed E-state index contributed by atoms with van der Waals surface area (Å²) in [5.41, 5.74) is 0.445. The van der Waals surface area contributed by atoms with Gasteiger partial charge in [0.25, 0.3) is 5.56 Å². The van der Waals surface area contributed by atoms with Gasteiger partial charge in [-0.05, 0) is 37.5 Å². The van der Waals surface area contributed by atoms with Crippen LogP contribution >= 0.6 is 34.8 Å². The second kappa shape index (κ2) is 10.9. The number of benzene rings is 1. The average Bonchev–Trinajstić information content (AvgIpc) is 3.33. The minimum absolute atomic E-state index is 0.139. The summed E-state index contributed by atoms with van der Waals surface area (Å²) in [6.07, 6.45) is 2.49. The molecule has 0 atom stereocenters. The molecule has 0 radical (unpaired) electrons. The van der Waals surface area contributed by atoms with Crippen molar-refractivity contribution in [2.24, 2.45) is 5.41 Å². The van der Waals surface area contributed by atoms with Gasteiger partial charge >= 0.3 is 5.97 Å². The van der Waals surface area contributed by atoms with Crippen LogP contribution in [0, 0.1) is 5.41 Å². The first kappa shape index (κ1) is 27.6. The second-order valence-electron chi connectivity index (χ2n) is 9.21. The molecule has 192 valence electrons.